The highest BCUT2D eigenvalue weighted by molar-refractivity contribution is 7.92. The first kappa shape index (κ1) is 13.1. The van der Waals surface area contributed by atoms with Crippen LogP contribution in [0.4, 0.5) is 5.69 Å². The van der Waals surface area contributed by atoms with Crippen molar-refractivity contribution in [1.82, 2.24) is 5.32 Å². The number of rotatable bonds is 5. The maximum Gasteiger partial charge on any atom is 0.261 e. The smallest absolute Gasteiger partial charge is 0.261 e. The van der Waals surface area contributed by atoms with Crippen molar-refractivity contribution >= 4 is 27.0 Å². The number of benzene rings is 1. The Morgan fingerprint density at radius 2 is 2.11 bits per heavy atom. The van der Waals surface area contributed by atoms with E-state index >= 15 is 0 Å². The molecule has 0 bridgehead atoms. The van der Waals surface area contributed by atoms with E-state index in [4.69, 9.17) is 0 Å². The van der Waals surface area contributed by atoms with Crippen LogP contribution < -0.4 is 10.0 Å². The molecule has 0 atom stereocenters. The first-order valence-electron chi connectivity index (χ1n) is 5.40. The number of sulfonamides is 1. The van der Waals surface area contributed by atoms with Crippen LogP contribution in [0.25, 0.3) is 0 Å². The summed E-state index contributed by atoms with van der Waals surface area (Å²) in [5.41, 5.74) is 1.53. The molecule has 0 fully saturated rings. The van der Waals surface area contributed by atoms with Crippen molar-refractivity contribution in [3.8, 4) is 0 Å². The van der Waals surface area contributed by atoms with Gasteiger partial charge >= 0.3 is 0 Å². The van der Waals surface area contributed by atoms with Gasteiger partial charge in [-0.1, -0.05) is 12.1 Å². The van der Waals surface area contributed by atoms with Gasteiger partial charge in [-0.05, 0) is 36.2 Å². The van der Waals surface area contributed by atoms with E-state index in [0.29, 0.717) is 12.2 Å². The summed E-state index contributed by atoms with van der Waals surface area (Å²) < 4.78 is 26.8. The van der Waals surface area contributed by atoms with E-state index < -0.39 is 10.0 Å². The Morgan fingerprint density at radius 3 is 2.78 bits per heavy atom. The summed E-state index contributed by atoms with van der Waals surface area (Å²) in [6.45, 7) is 0.641. The van der Waals surface area contributed by atoms with Gasteiger partial charge in [-0.2, -0.15) is 11.3 Å². The highest BCUT2D eigenvalue weighted by atomic mass is 32.2. The molecule has 2 rings (SSSR count). The molecule has 2 aromatic rings. The van der Waals surface area contributed by atoms with Crippen LogP contribution in [0.3, 0.4) is 0 Å². The van der Waals surface area contributed by atoms with Gasteiger partial charge in [0.1, 0.15) is 0 Å². The highest BCUT2D eigenvalue weighted by Crippen LogP contribution is 2.19. The summed E-state index contributed by atoms with van der Waals surface area (Å²) in [7, 11) is -1.67. The molecule has 2 N–H and O–H groups in total. The highest BCUT2D eigenvalue weighted by Gasteiger charge is 2.14. The molecular formula is C12H14N2O2S2. The van der Waals surface area contributed by atoms with E-state index in [1.165, 1.54) is 11.3 Å². The SMILES string of the molecule is CNCc1cccc(S(=O)(=O)Nc2ccsc2)c1. The van der Waals surface area contributed by atoms with Gasteiger partial charge in [0, 0.05) is 11.9 Å². The van der Waals surface area contributed by atoms with Crippen molar-refractivity contribution in [1.29, 1.82) is 0 Å². The van der Waals surface area contributed by atoms with Crippen molar-refractivity contribution in [2.75, 3.05) is 11.8 Å². The Morgan fingerprint density at radius 1 is 1.28 bits per heavy atom. The van der Waals surface area contributed by atoms with Gasteiger partial charge in [-0.3, -0.25) is 4.72 Å². The van der Waals surface area contributed by atoms with Gasteiger partial charge in [0.25, 0.3) is 10.0 Å². The Bertz CT molecular complexity index is 607. The second-order valence-corrected chi connectivity index (χ2v) is 6.26. The maximum atomic E-state index is 12.1. The molecule has 18 heavy (non-hydrogen) atoms. The topological polar surface area (TPSA) is 58.2 Å². The third-order valence-corrected chi connectivity index (χ3v) is 4.43. The fourth-order valence-electron chi connectivity index (χ4n) is 1.56. The fourth-order valence-corrected chi connectivity index (χ4v) is 3.35. The summed E-state index contributed by atoms with van der Waals surface area (Å²) in [6, 6.07) is 8.63. The molecule has 0 radical (unpaired) electrons. The molecule has 0 aliphatic rings. The lowest BCUT2D eigenvalue weighted by Crippen LogP contribution is -2.13. The molecule has 0 amide bonds. The van der Waals surface area contributed by atoms with Crippen molar-refractivity contribution in [2.45, 2.75) is 11.4 Å². The van der Waals surface area contributed by atoms with E-state index in [1.807, 2.05) is 18.5 Å². The normalized spacial score (nSPS) is 11.4. The molecule has 0 saturated carbocycles. The molecule has 0 saturated heterocycles. The summed E-state index contributed by atoms with van der Waals surface area (Å²) in [5, 5.41) is 6.58. The minimum atomic E-state index is -3.50. The van der Waals surface area contributed by atoms with Gasteiger partial charge < -0.3 is 5.32 Å². The minimum Gasteiger partial charge on any atom is -0.316 e. The zero-order valence-corrected chi connectivity index (χ0v) is 11.5. The van der Waals surface area contributed by atoms with E-state index in [9.17, 15) is 8.42 Å². The minimum absolute atomic E-state index is 0.279. The summed E-state index contributed by atoms with van der Waals surface area (Å²) in [6.07, 6.45) is 0. The van der Waals surface area contributed by atoms with E-state index in [2.05, 4.69) is 10.0 Å². The fraction of sp³-hybridized carbons (Fsp3) is 0.167. The molecule has 96 valence electrons. The lowest BCUT2D eigenvalue weighted by molar-refractivity contribution is 0.601. The third-order valence-electron chi connectivity index (χ3n) is 2.36. The molecule has 4 nitrogen and oxygen atoms in total. The predicted molar refractivity (Wildman–Crippen MR) is 74.3 cm³/mol. The second-order valence-electron chi connectivity index (χ2n) is 3.80. The number of thiophene rings is 1. The predicted octanol–water partition coefficient (Wildman–Crippen LogP) is 2.27. The molecule has 1 aromatic heterocycles. The van der Waals surface area contributed by atoms with Crippen LogP contribution in [0.15, 0.2) is 46.0 Å². The molecular weight excluding hydrogens is 268 g/mol. The van der Waals surface area contributed by atoms with Gasteiger partial charge in [0.05, 0.1) is 10.6 Å². The van der Waals surface area contributed by atoms with Crippen LogP contribution in [0, 0.1) is 0 Å². The largest absolute Gasteiger partial charge is 0.316 e. The van der Waals surface area contributed by atoms with Crippen molar-refractivity contribution in [3.63, 3.8) is 0 Å². The molecule has 1 aromatic carbocycles. The van der Waals surface area contributed by atoms with Crippen LogP contribution >= 0.6 is 11.3 Å². The lowest BCUT2D eigenvalue weighted by atomic mass is 10.2. The molecule has 0 unspecified atom stereocenters. The van der Waals surface area contributed by atoms with Crippen LogP contribution in [-0.2, 0) is 16.6 Å². The third kappa shape index (κ3) is 3.10. The Kier molecular flexibility index (Phi) is 4.00. The quantitative estimate of drug-likeness (QED) is 0.884. The monoisotopic (exact) mass is 282 g/mol. The molecule has 0 spiro atoms. The molecule has 6 heteroatoms. The first-order chi connectivity index (χ1) is 8.62. The van der Waals surface area contributed by atoms with E-state index in [1.54, 1.807) is 29.6 Å². The second kappa shape index (κ2) is 5.51. The van der Waals surface area contributed by atoms with Crippen LogP contribution in [0.2, 0.25) is 0 Å². The van der Waals surface area contributed by atoms with Crippen molar-refractivity contribution in [2.24, 2.45) is 0 Å². The van der Waals surface area contributed by atoms with Crippen LogP contribution in [-0.4, -0.2) is 15.5 Å². The summed E-state index contributed by atoms with van der Waals surface area (Å²) in [5.74, 6) is 0. The molecule has 0 aliphatic carbocycles. The zero-order valence-electron chi connectivity index (χ0n) is 9.88. The standard InChI is InChI=1S/C12H14N2O2S2/c1-13-8-10-3-2-4-12(7-10)18(15,16)14-11-5-6-17-9-11/h2-7,9,13-14H,8H2,1H3. The Balaban J connectivity index is 2.26. The average molecular weight is 282 g/mol. The average Bonchev–Trinajstić information content (AvgIpc) is 2.82. The number of hydrogen-bond donors (Lipinski definition) is 2. The van der Waals surface area contributed by atoms with Crippen molar-refractivity contribution in [3.05, 3.63) is 46.7 Å². The van der Waals surface area contributed by atoms with Crippen molar-refractivity contribution < 1.29 is 8.42 Å². The Labute approximate surface area is 111 Å². The van der Waals surface area contributed by atoms with Gasteiger partial charge in [-0.25, -0.2) is 8.42 Å². The van der Waals surface area contributed by atoms with Gasteiger partial charge in [-0.15, -0.1) is 0 Å². The van der Waals surface area contributed by atoms with Crippen LogP contribution in [0.1, 0.15) is 5.56 Å². The van der Waals surface area contributed by atoms with E-state index in [-0.39, 0.29) is 4.90 Å². The summed E-state index contributed by atoms with van der Waals surface area (Å²) >= 11 is 1.45. The van der Waals surface area contributed by atoms with Gasteiger partial charge in [0.15, 0.2) is 0 Å². The van der Waals surface area contributed by atoms with Gasteiger partial charge in [0.2, 0.25) is 0 Å². The Hall–Kier alpha value is -1.37. The molecule has 0 aliphatic heterocycles. The molecule has 1 heterocycles. The zero-order chi connectivity index (χ0) is 13.0. The van der Waals surface area contributed by atoms with E-state index in [0.717, 1.165) is 5.56 Å². The number of hydrogen-bond acceptors (Lipinski definition) is 4. The lowest BCUT2D eigenvalue weighted by Gasteiger charge is -2.08. The summed E-state index contributed by atoms with van der Waals surface area (Å²) in [4.78, 5) is 0.279. The first-order valence-corrected chi connectivity index (χ1v) is 7.83. The maximum absolute atomic E-state index is 12.1. The number of nitrogens with one attached hydrogen (secondary N) is 2. The van der Waals surface area contributed by atoms with Crippen LogP contribution in [0.5, 0.6) is 0 Å². The number of anilines is 1.